The van der Waals surface area contributed by atoms with E-state index in [1.54, 1.807) is 6.07 Å². The lowest BCUT2D eigenvalue weighted by atomic mass is 10.1. The Morgan fingerprint density at radius 3 is 2.76 bits per heavy atom. The zero-order valence-corrected chi connectivity index (χ0v) is 12.8. The maximum Gasteiger partial charge on any atom is 0.266 e. The minimum absolute atomic E-state index is 0.302. The summed E-state index contributed by atoms with van der Waals surface area (Å²) >= 11 is 0. The van der Waals surface area contributed by atoms with Crippen LogP contribution in [0, 0.1) is 0 Å². The van der Waals surface area contributed by atoms with Gasteiger partial charge in [-0.15, -0.1) is 0 Å². The molecule has 0 aliphatic carbocycles. The molecule has 8 nitrogen and oxygen atoms in total. The van der Waals surface area contributed by atoms with Crippen LogP contribution in [0.1, 0.15) is 10.4 Å². The molecule has 25 heavy (non-hydrogen) atoms. The fourth-order valence-electron chi connectivity index (χ4n) is 3.08. The van der Waals surface area contributed by atoms with Crippen LogP contribution >= 0.6 is 0 Å². The lowest BCUT2D eigenvalue weighted by Crippen LogP contribution is -2.12. The van der Waals surface area contributed by atoms with E-state index in [2.05, 4.69) is 30.7 Å². The number of fused-ring (bicyclic) bond motifs is 5. The number of nitrogens with one attached hydrogen (secondary N) is 5. The molecule has 0 atom stereocenters. The normalized spacial score (nSPS) is 11.5. The van der Waals surface area contributed by atoms with Crippen molar-refractivity contribution < 1.29 is 4.79 Å². The maximum absolute atomic E-state index is 12.4. The molecule has 3 heterocycles. The fourth-order valence-corrected chi connectivity index (χ4v) is 3.08. The smallest absolute Gasteiger partial charge is 0.266 e. The Labute approximate surface area is 139 Å². The summed E-state index contributed by atoms with van der Waals surface area (Å²) < 4.78 is 0. The van der Waals surface area contributed by atoms with Gasteiger partial charge in [-0.1, -0.05) is 12.1 Å². The topological polar surface area (TPSA) is 122 Å². The van der Waals surface area contributed by atoms with Crippen molar-refractivity contribution in [2.24, 2.45) is 0 Å². The number of aromatic amines is 4. The van der Waals surface area contributed by atoms with Crippen LogP contribution in [0.25, 0.3) is 32.7 Å². The van der Waals surface area contributed by atoms with E-state index < -0.39 is 0 Å². The Kier molecular flexibility index (Phi) is 2.64. The van der Waals surface area contributed by atoms with Crippen LogP contribution in [-0.2, 0) is 0 Å². The number of hydrogen-bond acceptors (Lipinski definition) is 3. The molecule has 5 rings (SSSR count). The molecule has 5 N–H and O–H groups in total. The Morgan fingerprint density at radius 2 is 1.92 bits per heavy atom. The molecule has 0 saturated carbocycles. The van der Waals surface area contributed by atoms with Crippen molar-refractivity contribution in [3.8, 4) is 0 Å². The third kappa shape index (κ3) is 2.04. The highest BCUT2D eigenvalue weighted by molar-refractivity contribution is 6.17. The van der Waals surface area contributed by atoms with Gasteiger partial charge in [-0.3, -0.25) is 24.9 Å². The van der Waals surface area contributed by atoms with Crippen LogP contribution in [0.5, 0.6) is 0 Å². The number of benzene rings is 2. The first-order valence-corrected chi connectivity index (χ1v) is 7.66. The van der Waals surface area contributed by atoms with Gasteiger partial charge in [0.1, 0.15) is 5.82 Å². The Morgan fingerprint density at radius 1 is 1.00 bits per heavy atom. The molecule has 0 saturated heterocycles. The van der Waals surface area contributed by atoms with Crippen LogP contribution in [-0.4, -0.2) is 31.3 Å². The summed E-state index contributed by atoms with van der Waals surface area (Å²) in [5.74, 6) is 0.0185. The largest absolute Gasteiger partial charge is 0.307 e. The molecule has 0 bridgehead atoms. The number of hydrogen-bond donors (Lipinski definition) is 5. The standard InChI is InChI=1S/C17H12N6O2/c24-14-6-13(21-22-14)20-17(25)8-2-4-12-11(5-8)10-3-1-9-7-18-23-15(9)16(10)19-12/h1-7,18,23H,(H3,20,21,22,24,25). The van der Waals surface area contributed by atoms with Gasteiger partial charge in [0.2, 0.25) is 0 Å². The highest BCUT2D eigenvalue weighted by Crippen LogP contribution is 2.30. The van der Waals surface area contributed by atoms with Gasteiger partial charge in [0.15, 0.2) is 0 Å². The summed E-state index contributed by atoms with van der Waals surface area (Å²) in [6.07, 6.45) is 1.88. The molecule has 0 radical (unpaired) electrons. The second-order valence-electron chi connectivity index (χ2n) is 5.81. The number of carbonyl (C=O) groups is 1. The van der Waals surface area contributed by atoms with Crippen molar-refractivity contribution in [1.82, 2.24) is 25.4 Å². The summed E-state index contributed by atoms with van der Waals surface area (Å²) in [5.41, 5.74) is 2.81. The first kappa shape index (κ1) is 13.6. The van der Waals surface area contributed by atoms with Gasteiger partial charge in [-0.25, -0.2) is 4.98 Å². The molecular weight excluding hydrogens is 320 g/mol. The number of nitrogens with zero attached hydrogens (tertiary/aromatic N) is 1. The van der Waals surface area contributed by atoms with Crippen molar-refractivity contribution >= 4 is 44.4 Å². The van der Waals surface area contributed by atoms with E-state index in [1.165, 1.54) is 6.07 Å². The number of carbonyl (C=O) groups excluding carboxylic acids is 1. The van der Waals surface area contributed by atoms with Crippen molar-refractivity contribution in [2.75, 3.05) is 5.32 Å². The van der Waals surface area contributed by atoms with E-state index >= 15 is 0 Å². The van der Waals surface area contributed by atoms with Crippen molar-refractivity contribution in [3.63, 3.8) is 0 Å². The summed E-state index contributed by atoms with van der Waals surface area (Å²) in [6.45, 7) is 0. The van der Waals surface area contributed by atoms with E-state index in [4.69, 9.17) is 0 Å². The minimum Gasteiger partial charge on any atom is -0.307 e. The van der Waals surface area contributed by atoms with Crippen molar-refractivity contribution in [2.45, 2.75) is 0 Å². The lowest BCUT2D eigenvalue weighted by Gasteiger charge is -2.02. The van der Waals surface area contributed by atoms with E-state index in [-0.39, 0.29) is 11.5 Å². The number of anilines is 1. The number of rotatable bonds is 2. The van der Waals surface area contributed by atoms with Crippen molar-refractivity contribution in [1.29, 1.82) is 0 Å². The summed E-state index contributed by atoms with van der Waals surface area (Å²) in [7, 11) is 0. The number of H-pyrrole nitrogens is 4. The maximum atomic E-state index is 12.4. The lowest BCUT2D eigenvalue weighted by molar-refractivity contribution is 0.102. The summed E-state index contributed by atoms with van der Waals surface area (Å²) in [6, 6.07) is 10.6. The van der Waals surface area contributed by atoms with E-state index in [0.29, 0.717) is 11.4 Å². The zero-order valence-electron chi connectivity index (χ0n) is 12.8. The predicted octanol–water partition coefficient (Wildman–Crippen LogP) is 2.47. The van der Waals surface area contributed by atoms with Gasteiger partial charge in [-0.05, 0) is 18.2 Å². The Bertz CT molecular complexity index is 1320. The molecule has 8 heteroatoms. The molecule has 0 aliphatic rings. The molecule has 0 aliphatic heterocycles. The highest BCUT2D eigenvalue weighted by atomic mass is 16.2. The SMILES string of the molecule is O=C(Nc1cc(=O)[nH][nH]1)c1ccc2nc3c(ccc4c[nH][nH]c43)c2c1. The third-order valence-corrected chi connectivity index (χ3v) is 4.26. The minimum atomic E-state index is -0.305. The molecule has 3 aromatic heterocycles. The van der Waals surface area contributed by atoms with Gasteiger partial charge < -0.3 is 10.4 Å². The monoisotopic (exact) mass is 332 g/mol. The van der Waals surface area contributed by atoms with Crippen LogP contribution < -0.4 is 10.9 Å². The predicted molar refractivity (Wildman–Crippen MR) is 94.8 cm³/mol. The van der Waals surface area contributed by atoms with Gasteiger partial charge in [0.05, 0.1) is 16.6 Å². The van der Waals surface area contributed by atoms with Crippen LogP contribution in [0.4, 0.5) is 5.82 Å². The van der Waals surface area contributed by atoms with Gasteiger partial charge in [0, 0.05) is 34.0 Å². The Balaban J connectivity index is 1.63. The second kappa shape index (κ2) is 4.84. The Hall–Kier alpha value is -3.81. The quantitative estimate of drug-likeness (QED) is 0.341. The van der Waals surface area contributed by atoms with E-state index in [9.17, 15) is 9.59 Å². The molecule has 122 valence electrons. The molecule has 0 unspecified atom stereocenters. The van der Waals surface area contributed by atoms with Crippen LogP contribution in [0.15, 0.2) is 47.4 Å². The molecule has 0 spiro atoms. The molecule has 1 amide bonds. The first-order valence-electron chi connectivity index (χ1n) is 7.66. The molecular formula is C17H12N6O2. The average Bonchev–Trinajstić information content (AvgIpc) is 3.31. The summed E-state index contributed by atoms with van der Waals surface area (Å²) in [4.78, 5) is 28.2. The van der Waals surface area contributed by atoms with E-state index in [1.807, 2.05) is 30.5 Å². The van der Waals surface area contributed by atoms with Gasteiger partial charge in [-0.2, -0.15) is 0 Å². The zero-order chi connectivity index (χ0) is 17.0. The van der Waals surface area contributed by atoms with Crippen LogP contribution in [0.2, 0.25) is 0 Å². The molecule has 2 aromatic carbocycles. The van der Waals surface area contributed by atoms with Gasteiger partial charge in [0.25, 0.3) is 11.5 Å². The van der Waals surface area contributed by atoms with Crippen LogP contribution in [0.3, 0.4) is 0 Å². The number of amides is 1. The van der Waals surface area contributed by atoms with Crippen molar-refractivity contribution in [3.05, 3.63) is 58.5 Å². The third-order valence-electron chi connectivity index (χ3n) is 4.26. The molecule has 5 aromatic rings. The highest BCUT2D eigenvalue weighted by Gasteiger charge is 2.13. The van der Waals surface area contributed by atoms with E-state index in [0.717, 1.165) is 32.7 Å². The summed E-state index contributed by atoms with van der Waals surface area (Å²) in [5, 5.41) is 16.6. The average molecular weight is 332 g/mol. The number of aromatic nitrogens is 5. The fraction of sp³-hybridized carbons (Fsp3) is 0. The molecule has 0 fully saturated rings. The van der Waals surface area contributed by atoms with Gasteiger partial charge >= 0.3 is 0 Å². The first-order chi connectivity index (χ1) is 12.2. The second-order valence-corrected chi connectivity index (χ2v) is 5.81.